The molecule has 1 unspecified atom stereocenters. The molecule has 5 N–H and O–H groups in total. The van der Waals surface area contributed by atoms with Gasteiger partial charge in [0.2, 0.25) is 0 Å². The van der Waals surface area contributed by atoms with Crippen LogP contribution in [-0.4, -0.2) is 17.0 Å². The van der Waals surface area contributed by atoms with E-state index in [-0.39, 0.29) is 24.7 Å². The first-order chi connectivity index (χ1) is 17.6. The lowest BCUT2D eigenvalue weighted by Crippen LogP contribution is -2.38. The van der Waals surface area contributed by atoms with Crippen molar-refractivity contribution in [2.45, 2.75) is 35.9 Å². The number of anilines is 2. The van der Waals surface area contributed by atoms with Crippen molar-refractivity contribution in [3.63, 3.8) is 0 Å². The molecule has 0 aliphatic carbocycles. The Hall–Kier alpha value is -3.29. The van der Waals surface area contributed by atoms with Gasteiger partial charge in [-0.05, 0) is 41.0 Å². The zero-order valence-electron chi connectivity index (χ0n) is 19.9. The monoisotopic (exact) mass is 498 g/mol. The number of hydrogen-bond acceptors (Lipinski definition) is 6. The van der Waals surface area contributed by atoms with E-state index < -0.39 is 6.29 Å². The van der Waals surface area contributed by atoms with Crippen molar-refractivity contribution in [1.82, 2.24) is 0 Å². The Morgan fingerprint density at radius 3 is 2.17 bits per heavy atom. The lowest BCUT2D eigenvalue weighted by Gasteiger charge is -2.43. The van der Waals surface area contributed by atoms with Gasteiger partial charge in [0.05, 0.1) is 18.8 Å². The van der Waals surface area contributed by atoms with Gasteiger partial charge < -0.3 is 26.0 Å². The van der Waals surface area contributed by atoms with Crippen molar-refractivity contribution in [1.29, 1.82) is 0 Å². The van der Waals surface area contributed by atoms with Gasteiger partial charge in [0.1, 0.15) is 0 Å². The first-order valence-corrected chi connectivity index (χ1v) is 13.0. The molecule has 0 spiro atoms. The Bertz CT molecular complexity index is 1280. The molecule has 0 amide bonds. The molecule has 6 heteroatoms. The lowest BCUT2D eigenvalue weighted by atomic mass is 9.84. The summed E-state index contributed by atoms with van der Waals surface area (Å²) in [5.74, 6) is 0.641. The average molecular weight is 499 g/mol. The van der Waals surface area contributed by atoms with Crippen LogP contribution >= 0.6 is 11.8 Å². The number of nitrogen functional groups attached to an aromatic ring is 2. The first kappa shape index (κ1) is 24.4. The third-order valence-electron chi connectivity index (χ3n) is 6.48. The Kier molecular flexibility index (Phi) is 7.58. The maximum Gasteiger partial charge on any atom is 0.185 e. The van der Waals surface area contributed by atoms with E-state index in [1.165, 1.54) is 0 Å². The van der Waals surface area contributed by atoms with Gasteiger partial charge in [0.25, 0.3) is 0 Å². The maximum absolute atomic E-state index is 9.55. The van der Waals surface area contributed by atoms with E-state index in [2.05, 4.69) is 12.1 Å². The average Bonchev–Trinajstić information content (AvgIpc) is 2.92. The van der Waals surface area contributed by atoms with Gasteiger partial charge in [0.15, 0.2) is 6.29 Å². The molecule has 0 saturated carbocycles. The highest BCUT2D eigenvalue weighted by molar-refractivity contribution is 7.99. The van der Waals surface area contributed by atoms with Gasteiger partial charge >= 0.3 is 0 Å². The van der Waals surface area contributed by atoms with Crippen LogP contribution in [0.5, 0.6) is 0 Å². The number of hydrogen-bond donors (Lipinski definition) is 3. The number of ether oxygens (including phenoxy) is 2. The largest absolute Gasteiger partial charge is 0.399 e. The van der Waals surface area contributed by atoms with E-state index in [0.717, 1.165) is 32.8 Å². The second-order valence-electron chi connectivity index (χ2n) is 8.92. The second-order valence-corrected chi connectivity index (χ2v) is 9.98. The second kappa shape index (κ2) is 11.2. The topological polar surface area (TPSA) is 90.7 Å². The van der Waals surface area contributed by atoms with Gasteiger partial charge in [-0.3, -0.25) is 0 Å². The summed E-state index contributed by atoms with van der Waals surface area (Å²) >= 11 is 1.69. The Morgan fingerprint density at radius 1 is 0.722 bits per heavy atom. The van der Waals surface area contributed by atoms with Crippen LogP contribution in [0.25, 0.3) is 0 Å². The van der Waals surface area contributed by atoms with Crippen molar-refractivity contribution in [3.05, 3.63) is 125 Å². The molecule has 5 rings (SSSR count). The van der Waals surface area contributed by atoms with Crippen LogP contribution in [-0.2, 0) is 16.1 Å². The number of thioether (sulfide) groups is 1. The SMILES string of the molecule is Nc1cccc(C2O[C@H](CSc3ccccc3N)[C@@H](c3ccccc3)[C@H](c3ccc(CO)cc3)O2)c1. The summed E-state index contributed by atoms with van der Waals surface area (Å²) in [4.78, 5) is 1.03. The summed E-state index contributed by atoms with van der Waals surface area (Å²) in [7, 11) is 0. The smallest absolute Gasteiger partial charge is 0.185 e. The molecule has 0 radical (unpaired) electrons. The van der Waals surface area contributed by atoms with Crippen molar-refractivity contribution >= 4 is 23.1 Å². The Labute approximate surface area is 216 Å². The summed E-state index contributed by atoms with van der Waals surface area (Å²) < 4.78 is 13.4. The highest BCUT2D eigenvalue weighted by atomic mass is 32.2. The predicted molar refractivity (Wildman–Crippen MR) is 145 cm³/mol. The standard InChI is InChI=1S/C30H30N2O3S/c31-24-10-6-9-23(17-24)30-34-26(19-36-27-12-5-4-11-25(27)32)28(21-7-2-1-3-8-21)29(35-30)22-15-13-20(18-33)14-16-22/h1-17,26,28-30,33H,18-19,31-32H2/t26-,28-,29+,30?/m1/s1. The molecule has 1 saturated heterocycles. The van der Waals surface area contributed by atoms with E-state index in [1.54, 1.807) is 11.8 Å². The van der Waals surface area contributed by atoms with Gasteiger partial charge in [-0.2, -0.15) is 0 Å². The molecule has 4 atom stereocenters. The molecule has 4 aromatic carbocycles. The minimum atomic E-state index is -0.574. The molecule has 0 bridgehead atoms. The third-order valence-corrected chi connectivity index (χ3v) is 7.65. The number of rotatable bonds is 7. The van der Waals surface area contributed by atoms with Crippen molar-refractivity contribution in [2.24, 2.45) is 0 Å². The van der Waals surface area contributed by atoms with E-state index in [1.807, 2.05) is 91.0 Å². The summed E-state index contributed by atoms with van der Waals surface area (Å²) in [5.41, 5.74) is 17.7. The molecule has 1 fully saturated rings. The molecule has 0 aromatic heterocycles. The van der Waals surface area contributed by atoms with E-state index >= 15 is 0 Å². The summed E-state index contributed by atoms with van der Waals surface area (Å²) in [6, 6.07) is 33.9. The molecular weight excluding hydrogens is 468 g/mol. The van der Waals surface area contributed by atoms with Crippen LogP contribution in [0.3, 0.4) is 0 Å². The molecule has 1 aliphatic heterocycles. The molecule has 4 aromatic rings. The predicted octanol–water partition coefficient (Wildman–Crippen LogP) is 6.07. The van der Waals surface area contributed by atoms with Gasteiger partial charge in [-0.1, -0.05) is 78.9 Å². The van der Waals surface area contributed by atoms with Crippen LogP contribution in [0.4, 0.5) is 11.4 Å². The fraction of sp³-hybridized carbons (Fsp3) is 0.200. The quantitative estimate of drug-likeness (QED) is 0.211. The highest BCUT2D eigenvalue weighted by Gasteiger charge is 2.41. The normalized spacial score (nSPS) is 21.8. The summed E-state index contributed by atoms with van der Waals surface area (Å²) in [6.07, 6.45) is -1.01. The minimum Gasteiger partial charge on any atom is -0.399 e. The van der Waals surface area contributed by atoms with Crippen molar-refractivity contribution in [3.8, 4) is 0 Å². The number of aliphatic hydroxyl groups excluding tert-OH is 1. The summed E-state index contributed by atoms with van der Waals surface area (Å²) in [6.45, 7) is 0.000703. The molecule has 1 aliphatic rings. The fourth-order valence-electron chi connectivity index (χ4n) is 4.64. The molecule has 5 nitrogen and oxygen atoms in total. The van der Waals surface area contributed by atoms with Crippen LogP contribution < -0.4 is 11.5 Å². The van der Waals surface area contributed by atoms with Gasteiger partial charge in [-0.25, -0.2) is 0 Å². The van der Waals surface area contributed by atoms with E-state index in [4.69, 9.17) is 20.9 Å². The van der Waals surface area contributed by atoms with Crippen LogP contribution in [0, 0.1) is 0 Å². The Balaban J connectivity index is 1.55. The van der Waals surface area contributed by atoms with E-state index in [9.17, 15) is 5.11 Å². The van der Waals surface area contributed by atoms with Crippen LogP contribution in [0.1, 0.15) is 40.6 Å². The number of nitrogens with two attached hydrogens (primary N) is 2. The van der Waals surface area contributed by atoms with Crippen molar-refractivity contribution in [2.75, 3.05) is 17.2 Å². The number of aliphatic hydroxyl groups is 1. The molecular formula is C30H30N2O3S. The lowest BCUT2D eigenvalue weighted by molar-refractivity contribution is -0.255. The van der Waals surface area contributed by atoms with Gasteiger partial charge in [-0.15, -0.1) is 11.8 Å². The zero-order valence-corrected chi connectivity index (χ0v) is 20.7. The fourth-order valence-corrected chi connectivity index (χ4v) is 5.68. The van der Waals surface area contributed by atoms with Crippen molar-refractivity contribution < 1.29 is 14.6 Å². The maximum atomic E-state index is 9.55. The van der Waals surface area contributed by atoms with E-state index in [0.29, 0.717) is 11.4 Å². The Morgan fingerprint density at radius 2 is 1.44 bits per heavy atom. The number of para-hydroxylation sites is 1. The highest BCUT2D eigenvalue weighted by Crippen LogP contribution is 2.48. The first-order valence-electron chi connectivity index (χ1n) is 12.0. The van der Waals surface area contributed by atoms with Crippen LogP contribution in [0.2, 0.25) is 0 Å². The minimum absolute atomic E-state index is 0.000703. The van der Waals surface area contributed by atoms with Crippen LogP contribution in [0.15, 0.2) is 108 Å². The molecule has 184 valence electrons. The third kappa shape index (κ3) is 5.42. The summed E-state index contributed by atoms with van der Waals surface area (Å²) in [5, 5.41) is 9.55. The molecule has 36 heavy (non-hydrogen) atoms. The molecule has 1 heterocycles. The zero-order chi connectivity index (χ0) is 24.9. The van der Waals surface area contributed by atoms with Gasteiger partial charge in [0, 0.05) is 33.5 Å². The number of benzene rings is 4.